The van der Waals surface area contributed by atoms with E-state index in [1.807, 2.05) is 31.2 Å². The zero-order valence-corrected chi connectivity index (χ0v) is 16.2. The maximum atomic E-state index is 10.6. The first-order valence-electron chi connectivity index (χ1n) is 9.60. The Hall–Kier alpha value is -3.27. The highest BCUT2D eigenvalue weighted by Crippen LogP contribution is 2.33. The highest BCUT2D eigenvalue weighted by molar-refractivity contribution is 5.86. The summed E-state index contributed by atoms with van der Waals surface area (Å²) in [6.45, 7) is 2.01. The number of ether oxygens (including phenoxy) is 2. The van der Waals surface area contributed by atoms with Crippen LogP contribution in [0.1, 0.15) is 11.8 Å². The average Bonchev–Trinajstić information content (AvgIpc) is 3.30. The van der Waals surface area contributed by atoms with Gasteiger partial charge in [-0.05, 0) is 31.2 Å². The second kappa shape index (κ2) is 7.21. The van der Waals surface area contributed by atoms with E-state index in [1.165, 1.54) is 6.33 Å². The van der Waals surface area contributed by atoms with E-state index in [-0.39, 0.29) is 6.61 Å². The molecule has 0 aliphatic carbocycles. The predicted octanol–water partition coefficient (Wildman–Crippen LogP) is 1.57. The molecule has 5 rings (SSSR count). The normalized spacial score (nSPS) is 24.0. The van der Waals surface area contributed by atoms with Gasteiger partial charge in [0.2, 0.25) is 0 Å². The summed E-state index contributed by atoms with van der Waals surface area (Å²) < 4.78 is 13.5. The molecule has 9 nitrogen and oxygen atoms in total. The molecule has 4 atom stereocenters. The van der Waals surface area contributed by atoms with Crippen molar-refractivity contribution in [3.05, 3.63) is 54.6 Å². The van der Waals surface area contributed by atoms with Gasteiger partial charge in [-0.15, -0.1) is 0 Å². The molecular formula is C21H21N5O4. The minimum Gasteiger partial charge on any atom is -0.490 e. The molecule has 9 heteroatoms. The number of hydrogen-bond acceptors (Lipinski definition) is 8. The Labute approximate surface area is 171 Å². The van der Waals surface area contributed by atoms with Crippen LogP contribution < -0.4 is 10.5 Å². The molecule has 0 spiro atoms. The minimum absolute atomic E-state index is 0.0736. The lowest BCUT2D eigenvalue weighted by Gasteiger charge is -2.18. The number of rotatable bonds is 4. The van der Waals surface area contributed by atoms with Crippen LogP contribution >= 0.6 is 0 Å². The molecule has 1 aliphatic rings. The number of hydrogen-bond donors (Lipinski definition) is 3. The zero-order valence-electron chi connectivity index (χ0n) is 16.2. The molecule has 1 saturated heterocycles. The summed E-state index contributed by atoms with van der Waals surface area (Å²) >= 11 is 0. The van der Waals surface area contributed by atoms with Gasteiger partial charge in [0.05, 0.1) is 10.9 Å². The summed E-state index contributed by atoms with van der Waals surface area (Å²) in [5.74, 6) is 0.994. The van der Waals surface area contributed by atoms with E-state index < -0.39 is 24.5 Å². The number of nitrogens with zero attached hydrogens (tertiary/aromatic N) is 4. The maximum absolute atomic E-state index is 10.6. The number of fused-ring (bicyclic) bond motifs is 2. The van der Waals surface area contributed by atoms with Crippen LogP contribution in [0.3, 0.4) is 0 Å². The monoisotopic (exact) mass is 407 g/mol. The first kappa shape index (κ1) is 18.7. The van der Waals surface area contributed by atoms with Gasteiger partial charge in [0.15, 0.2) is 6.23 Å². The van der Waals surface area contributed by atoms with Crippen molar-refractivity contribution in [2.24, 2.45) is 0 Å². The van der Waals surface area contributed by atoms with Crippen LogP contribution in [0.25, 0.3) is 21.9 Å². The van der Waals surface area contributed by atoms with E-state index >= 15 is 0 Å². The van der Waals surface area contributed by atoms with Gasteiger partial charge in [-0.3, -0.25) is 4.98 Å². The van der Waals surface area contributed by atoms with Crippen molar-refractivity contribution in [1.82, 2.24) is 19.5 Å². The number of aromatic nitrogens is 4. The van der Waals surface area contributed by atoms with Crippen LogP contribution in [0.5, 0.6) is 5.75 Å². The van der Waals surface area contributed by atoms with Crippen molar-refractivity contribution < 1.29 is 19.7 Å². The van der Waals surface area contributed by atoms with E-state index in [0.717, 1.165) is 16.5 Å². The Balaban J connectivity index is 1.36. The molecule has 0 saturated carbocycles. The molecule has 30 heavy (non-hydrogen) atoms. The van der Waals surface area contributed by atoms with Crippen molar-refractivity contribution in [2.45, 2.75) is 31.5 Å². The lowest BCUT2D eigenvalue weighted by molar-refractivity contribution is -0.0472. The molecule has 0 amide bonds. The number of nitrogens with two attached hydrogens (primary N) is 1. The standard InChI is InChI=1S/C21H21N5O4/c1-11-14(5-4-12-3-2-7-23-16(11)12)29-9-15-17(27)18(28)21(30-15)26-8-6-13-19(22)24-10-25-20(13)26/h2-8,10,15,17-18,21,27-28H,9H2,1H3,(H2,22,24,25)/t15-,17-,18-,21-/m1/s1. The molecule has 4 heterocycles. The van der Waals surface area contributed by atoms with Crippen molar-refractivity contribution in [2.75, 3.05) is 12.3 Å². The van der Waals surface area contributed by atoms with E-state index in [0.29, 0.717) is 22.6 Å². The Kier molecular flexibility index (Phi) is 4.50. The largest absolute Gasteiger partial charge is 0.490 e. The second-order valence-electron chi connectivity index (χ2n) is 7.34. The number of nitrogen functional groups attached to an aromatic ring is 1. The summed E-state index contributed by atoms with van der Waals surface area (Å²) in [5.41, 5.74) is 8.17. The van der Waals surface area contributed by atoms with E-state index in [9.17, 15) is 10.2 Å². The van der Waals surface area contributed by atoms with Crippen LogP contribution in [0.2, 0.25) is 0 Å². The molecule has 0 radical (unpaired) electrons. The summed E-state index contributed by atoms with van der Waals surface area (Å²) in [4.78, 5) is 12.6. The SMILES string of the molecule is Cc1c(OC[C@H]2O[C@@H](n3ccc4c(N)ncnc43)[C@H](O)[C@@H]2O)ccc2cccnc12. The van der Waals surface area contributed by atoms with Gasteiger partial charge in [-0.1, -0.05) is 6.07 Å². The van der Waals surface area contributed by atoms with Crippen LogP contribution in [0.4, 0.5) is 5.82 Å². The summed E-state index contributed by atoms with van der Waals surface area (Å²) in [5, 5.41) is 22.8. The molecule has 1 aromatic carbocycles. The molecule has 4 aromatic rings. The zero-order chi connectivity index (χ0) is 20.8. The Morgan fingerprint density at radius 2 is 2.00 bits per heavy atom. The molecule has 154 valence electrons. The molecule has 1 aliphatic heterocycles. The molecule has 0 bridgehead atoms. The van der Waals surface area contributed by atoms with Gasteiger partial charge < -0.3 is 30.0 Å². The minimum atomic E-state index is -1.15. The molecule has 4 N–H and O–H groups in total. The quantitative estimate of drug-likeness (QED) is 0.465. The molecule has 1 fully saturated rings. The van der Waals surface area contributed by atoms with Crippen LogP contribution in [-0.2, 0) is 4.74 Å². The van der Waals surface area contributed by atoms with Gasteiger partial charge in [-0.25, -0.2) is 9.97 Å². The van der Waals surface area contributed by atoms with Crippen LogP contribution in [0.15, 0.2) is 49.1 Å². The third-order valence-electron chi connectivity index (χ3n) is 5.53. The van der Waals surface area contributed by atoms with Crippen LogP contribution in [0, 0.1) is 6.92 Å². The van der Waals surface area contributed by atoms with E-state index in [4.69, 9.17) is 15.2 Å². The second-order valence-corrected chi connectivity index (χ2v) is 7.34. The summed E-state index contributed by atoms with van der Waals surface area (Å²) in [6, 6.07) is 9.43. The van der Waals surface area contributed by atoms with Crippen LogP contribution in [-0.4, -0.2) is 54.7 Å². The average molecular weight is 407 g/mol. The molecular weight excluding hydrogens is 386 g/mol. The summed E-state index contributed by atoms with van der Waals surface area (Å²) in [6.07, 6.45) is 0.985. The third kappa shape index (κ3) is 2.95. The van der Waals surface area contributed by atoms with Gasteiger partial charge >= 0.3 is 0 Å². The fourth-order valence-electron chi connectivity index (χ4n) is 3.89. The Morgan fingerprint density at radius 1 is 1.13 bits per heavy atom. The lowest BCUT2D eigenvalue weighted by Crippen LogP contribution is -2.34. The fourth-order valence-corrected chi connectivity index (χ4v) is 3.89. The number of aliphatic hydroxyl groups excluding tert-OH is 2. The van der Waals surface area contributed by atoms with E-state index in [1.54, 1.807) is 23.0 Å². The van der Waals surface area contributed by atoms with E-state index in [2.05, 4.69) is 15.0 Å². The van der Waals surface area contributed by atoms with Gasteiger partial charge in [0.1, 0.15) is 48.5 Å². The highest BCUT2D eigenvalue weighted by Gasteiger charge is 2.44. The first-order valence-corrected chi connectivity index (χ1v) is 9.60. The van der Waals surface area contributed by atoms with Crippen molar-refractivity contribution in [3.63, 3.8) is 0 Å². The smallest absolute Gasteiger partial charge is 0.164 e. The van der Waals surface area contributed by atoms with Gasteiger partial charge in [0, 0.05) is 23.3 Å². The fraction of sp³-hybridized carbons (Fsp3) is 0.286. The Bertz CT molecular complexity index is 1230. The van der Waals surface area contributed by atoms with Gasteiger partial charge in [0.25, 0.3) is 0 Å². The first-order chi connectivity index (χ1) is 14.5. The lowest BCUT2D eigenvalue weighted by atomic mass is 10.1. The number of pyridine rings is 1. The summed E-state index contributed by atoms with van der Waals surface area (Å²) in [7, 11) is 0. The number of aryl methyl sites for hydroxylation is 1. The topological polar surface area (TPSA) is 129 Å². The maximum Gasteiger partial charge on any atom is 0.164 e. The Morgan fingerprint density at radius 3 is 2.87 bits per heavy atom. The third-order valence-corrected chi connectivity index (χ3v) is 5.53. The van der Waals surface area contributed by atoms with Crippen molar-refractivity contribution in [3.8, 4) is 5.75 Å². The van der Waals surface area contributed by atoms with Crippen molar-refractivity contribution >= 4 is 27.8 Å². The predicted molar refractivity (Wildman–Crippen MR) is 110 cm³/mol. The van der Waals surface area contributed by atoms with Gasteiger partial charge in [-0.2, -0.15) is 0 Å². The highest BCUT2D eigenvalue weighted by atomic mass is 16.6. The molecule has 0 unspecified atom stereocenters. The number of anilines is 1. The molecule has 3 aromatic heterocycles. The van der Waals surface area contributed by atoms with Crippen molar-refractivity contribution in [1.29, 1.82) is 0 Å². The number of benzene rings is 1. The number of aliphatic hydroxyl groups is 2.